The van der Waals surface area contributed by atoms with Crippen LogP contribution in [-0.2, 0) is 6.54 Å². The summed E-state index contributed by atoms with van der Waals surface area (Å²) in [6, 6.07) is 3.36. The van der Waals surface area contributed by atoms with E-state index in [9.17, 15) is 0 Å². The van der Waals surface area contributed by atoms with Crippen molar-refractivity contribution < 1.29 is 0 Å². The highest BCUT2D eigenvalue weighted by Gasteiger charge is 2.18. The van der Waals surface area contributed by atoms with E-state index in [0.717, 1.165) is 29.4 Å². The molecule has 9 heteroatoms. The Labute approximate surface area is 176 Å². The van der Waals surface area contributed by atoms with Gasteiger partial charge in [0.05, 0.1) is 15.1 Å². The summed E-state index contributed by atoms with van der Waals surface area (Å²) in [5.41, 5.74) is 7.27. The Morgan fingerprint density at radius 1 is 1.22 bits per heavy atom. The quantitative estimate of drug-likeness (QED) is 0.352. The van der Waals surface area contributed by atoms with Crippen molar-refractivity contribution >= 4 is 63.5 Å². The van der Waals surface area contributed by atoms with Crippen molar-refractivity contribution in [3.8, 4) is 0 Å². The lowest BCUT2D eigenvalue weighted by Crippen LogP contribution is -2.03. The van der Waals surface area contributed by atoms with Crippen LogP contribution < -0.4 is 5.73 Å². The predicted octanol–water partition coefficient (Wildman–Crippen LogP) is 6.12. The largest absolute Gasteiger partial charge is 0.382 e. The first kappa shape index (κ1) is 20.3. The van der Waals surface area contributed by atoms with Gasteiger partial charge in [0.1, 0.15) is 6.33 Å². The second-order valence-electron chi connectivity index (χ2n) is 6.13. The number of aromatic nitrogens is 4. The third-order valence-electron chi connectivity index (χ3n) is 4.14. The summed E-state index contributed by atoms with van der Waals surface area (Å²) < 4.78 is 2.03. The third-order valence-corrected chi connectivity index (χ3v) is 6.34. The van der Waals surface area contributed by atoms with Crippen LogP contribution in [0.25, 0.3) is 11.2 Å². The van der Waals surface area contributed by atoms with Crippen molar-refractivity contribution in [1.82, 2.24) is 19.5 Å². The zero-order valence-corrected chi connectivity index (χ0v) is 17.7. The molecule has 0 fully saturated rings. The van der Waals surface area contributed by atoms with Gasteiger partial charge in [-0.25, -0.2) is 15.0 Å². The van der Waals surface area contributed by atoms with Gasteiger partial charge in [-0.3, -0.25) is 0 Å². The van der Waals surface area contributed by atoms with E-state index in [2.05, 4.69) is 28.5 Å². The van der Waals surface area contributed by atoms with E-state index < -0.39 is 0 Å². The lowest BCUT2D eigenvalue weighted by Gasteiger charge is -2.11. The predicted molar refractivity (Wildman–Crippen MR) is 114 cm³/mol. The van der Waals surface area contributed by atoms with E-state index in [4.69, 9.17) is 40.5 Å². The van der Waals surface area contributed by atoms with E-state index >= 15 is 0 Å². The second-order valence-corrected chi connectivity index (χ2v) is 8.36. The number of rotatable bonds is 7. The van der Waals surface area contributed by atoms with Gasteiger partial charge in [-0.15, -0.1) is 6.58 Å². The fraction of sp³-hybridized carbons (Fsp3) is 0.278. The van der Waals surface area contributed by atoms with Crippen molar-refractivity contribution in [3.05, 3.63) is 46.2 Å². The number of imidazole rings is 1. The van der Waals surface area contributed by atoms with Gasteiger partial charge in [0.2, 0.25) is 0 Å². The summed E-state index contributed by atoms with van der Waals surface area (Å²) in [4.78, 5) is 13.8. The average Bonchev–Trinajstić information content (AvgIpc) is 2.98. The van der Waals surface area contributed by atoms with Crippen LogP contribution in [0.5, 0.6) is 0 Å². The van der Waals surface area contributed by atoms with E-state index in [1.54, 1.807) is 12.1 Å². The maximum atomic E-state index is 6.33. The van der Waals surface area contributed by atoms with Crippen LogP contribution in [0, 0.1) is 5.92 Å². The topological polar surface area (TPSA) is 69.6 Å². The molecule has 0 bridgehead atoms. The highest BCUT2D eigenvalue weighted by Crippen LogP contribution is 2.39. The number of anilines is 1. The van der Waals surface area contributed by atoms with E-state index in [0.29, 0.717) is 38.0 Å². The third kappa shape index (κ3) is 4.51. The maximum Gasteiger partial charge on any atom is 0.175 e. The van der Waals surface area contributed by atoms with Crippen LogP contribution in [0.15, 0.2) is 41.2 Å². The molecule has 142 valence electrons. The van der Waals surface area contributed by atoms with Gasteiger partial charge in [-0.2, -0.15) is 0 Å². The minimum Gasteiger partial charge on any atom is -0.382 e. The van der Waals surface area contributed by atoms with Gasteiger partial charge in [-0.1, -0.05) is 47.8 Å². The van der Waals surface area contributed by atoms with Gasteiger partial charge < -0.3 is 10.3 Å². The molecule has 0 aliphatic rings. The Bertz CT molecular complexity index is 989. The lowest BCUT2D eigenvalue weighted by molar-refractivity contribution is 0.530. The zero-order chi connectivity index (χ0) is 19.6. The minimum atomic E-state index is 0.347. The second kappa shape index (κ2) is 8.69. The molecule has 27 heavy (non-hydrogen) atoms. The molecule has 1 aromatic carbocycles. The molecular weight excluding hydrogens is 425 g/mol. The molecule has 3 aromatic rings. The van der Waals surface area contributed by atoms with Crippen LogP contribution in [0.2, 0.25) is 15.1 Å². The van der Waals surface area contributed by atoms with Crippen LogP contribution in [0.4, 0.5) is 5.82 Å². The van der Waals surface area contributed by atoms with Crippen molar-refractivity contribution in [2.24, 2.45) is 5.92 Å². The molecule has 0 aliphatic carbocycles. The van der Waals surface area contributed by atoms with Crippen molar-refractivity contribution in [1.29, 1.82) is 0 Å². The molecule has 1 unspecified atom stereocenters. The highest BCUT2D eigenvalue weighted by atomic mass is 35.5. The molecule has 1 atom stereocenters. The number of hydrogen-bond donors (Lipinski definition) is 1. The summed E-state index contributed by atoms with van der Waals surface area (Å²) in [7, 11) is 0. The molecule has 2 heterocycles. The molecule has 0 saturated carbocycles. The Balaban J connectivity index is 1.98. The molecule has 0 aliphatic heterocycles. The fourth-order valence-corrected chi connectivity index (χ4v) is 4.27. The Kier molecular flexibility index (Phi) is 6.52. The standard InChI is InChI=1S/C18H18Cl3N5S/c1-3-10(2)5-4-6-26-17-15(16(22)23-9-24-17)25-18(26)27-14-8-12(20)11(19)7-13(14)21/h3,7-10H,1,4-6H2,2H3,(H2,22,23,24). The molecule has 2 aromatic heterocycles. The summed E-state index contributed by atoms with van der Waals surface area (Å²) >= 11 is 19.9. The summed E-state index contributed by atoms with van der Waals surface area (Å²) in [5.74, 6) is 0.792. The number of fused-ring (bicyclic) bond motifs is 1. The Hall–Kier alpha value is -1.47. The molecule has 0 radical (unpaired) electrons. The van der Waals surface area contributed by atoms with Crippen LogP contribution >= 0.6 is 46.6 Å². The van der Waals surface area contributed by atoms with Crippen molar-refractivity contribution in [3.63, 3.8) is 0 Å². The SMILES string of the molecule is C=CC(C)CCCn1c(Sc2cc(Cl)c(Cl)cc2Cl)nc2c(N)ncnc21. The van der Waals surface area contributed by atoms with Gasteiger partial charge in [-0.05, 0) is 42.7 Å². The first-order valence-electron chi connectivity index (χ1n) is 8.32. The van der Waals surface area contributed by atoms with Crippen LogP contribution in [0.1, 0.15) is 19.8 Å². The Morgan fingerprint density at radius 3 is 2.70 bits per heavy atom. The molecule has 3 rings (SSSR count). The zero-order valence-electron chi connectivity index (χ0n) is 14.6. The number of nitrogen functional groups attached to an aromatic ring is 1. The number of hydrogen-bond acceptors (Lipinski definition) is 5. The van der Waals surface area contributed by atoms with Crippen LogP contribution in [-0.4, -0.2) is 19.5 Å². The number of halogens is 3. The first-order chi connectivity index (χ1) is 12.9. The van der Waals surface area contributed by atoms with Crippen molar-refractivity contribution in [2.45, 2.75) is 36.4 Å². The Morgan fingerprint density at radius 2 is 1.96 bits per heavy atom. The fourth-order valence-electron chi connectivity index (χ4n) is 2.58. The number of nitrogens with zero attached hydrogens (tertiary/aromatic N) is 4. The van der Waals surface area contributed by atoms with E-state index in [1.165, 1.54) is 18.1 Å². The minimum absolute atomic E-state index is 0.347. The highest BCUT2D eigenvalue weighted by molar-refractivity contribution is 7.99. The number of nitrogens with two attached hydrogens (primary N) is 1. The number of aryl methyl sites for hydroxylation is 1. The molecule has 0 spiro atoms. The van der Waals surface area contributed by atoms with E-state index in [1.807, 2.05) is 10.6 Å². The van der Waals surface area contributed by atoms with Crippen molar-refractivity contribution in [2.75, 3.05) is 5.73 Å². The molecular formula is C18H18Cl3N5S. The van der Waals surface area contributed by atoms with Gasteiger partial charge in [0, 0.05) is 11.4 Å². The summed E-state index contributed by atoms with van der Waals surface area (Å²) in [6.07, 6.45) is 5.37. The summed E-state index contributed by atoms with van der Waals surface area (Å²) in [6.45, 7) is 6.72. The summed E-state index contributed by atoms with van der Waals surface area (Å²) in [5, 5.41) is 2.08. The number of allylic oxidation sites excluding steroid dienone is 1. The maximum absolute atomic E-state index is 6.33. The molecule has 5 nitrogen and oxygen atoms in total. The molecule has 0 saturated heterocycles. The average molecular weight is 443 g/mol. The normalized spacial score (nSPS) is 12.4. The van der Waals surface area contributed by atoms with Gasteiger partial charge >= 0.3 is 0 Å². The van der Waals surface area contributed by atoms with E-state index in [-0.39, 0.29) is 0 Å². The smallest absolute Gasteiger partial charge is 0.175 e. The number of benzene rings is 1. The molecule has 0 amide bonds. The first-order valence-corrected chi connectivity index (χ1v) is 10.3. The lowest BCUT2D eigenvalue weighted by atomic mass is 10.1. The monoisotopic (exact) mass is 441 g/mol. The van der Waals surface area contributed by atoms with Crippen LogP contribution in [0.3, 0.4) is 0 Å². The molecule has 2 N–H and O–H groups in total. The van der Waals surface area contributed by atoms with Gasteiger partial charge in [0.25, 0.3) is 0 Å². The van der Waals surface area contributed by atoms with Gasteiger partial charge in [0.15, 0.2) is 22.1 Å².